The zero-order chi connectivity index (χ0) is 31.7. The van der Waals surface area contributed by atoms with Crippen molar-refractivity contribution in [2.45, 2.75) is 20.4 Å². The van der Waals surface area contributed by atoms with Crippen molar-refractivity contribution >= 4 is 29.9 Å². The first-order chi connectivity index (χ1) is 22.4. The van der Waals surface area contributed by atoms with Crippen molar-refractivity contribution in [3.63, 3.8) is 0 Å². The second kappa shape index (κ2) is 12.1. The van der Waals surface area contributed by atoms with Crippen LogP contribution in [0.3, 0.4) is 0 Å². The monoisotopic (exact) mass is 616 g/mol. The van der Waals surface area contributed by atoms with Crippen LogP contribution in [0.1, 0.15) is 21.5 Å². The number of hydrogen-bond acceptors (Lipinski definition) is 5. The molecule has 46 heavy (non-hydrogen) atoms. The molecule has 0 saturated heterocycles. The van der Waals surface area contributed by atoms with Crippen LogP contribution in [-0.2, 0) is 0 Å². The first-order valence-corrected chi connectivity index (χ1v) is 17.7. The van der Waals surface area contributed by atoms with Crippen molar-refractivity contribution in [3.8, 4) is 45.6 Å². The summed E-state index contributed by atoms with van der Waals surface area (Å²) in [4.78, 5) is 20.5. The van der Waals surface area contributed by atoms with E-state index < -0.39 is 8.07 Å². The maximum absolute atomic E-state index is 11.4. The lowest BCUT2D eigenvalue weighted by Crippen LogP contribution is -2.64. The van der Waals surface area contributed by atoms with Crippen molar-refractivity contribution in [1.82, 2.24) is 9.97 Å². The molecule has 0 aliphatic rings. The average Bonchev–Trinajstić information content (AvgIpc) is 3.80. The summed E-state index contributed by atoms with van der Waals surface area (Å²) in [5.74, 6) is 2.65. The van der Waals surface area contributed by atoms with Crippen LogP contribution in [0, 0.1) is 13.8 Å². The van der Waals surface area contributed by atoms with E-state index in [0.717, 1.165) is 40.1 Å². The molecule has 0 radical (unpaired) electrons. The van der Waals surface area contributed by atoms with Crippen molar-refractivity contribution in [2.75, 3.05) is 0 Å². The molecule has 2 heterocycles. The number of rotatable bonds is 8. The van der Waals surface area contributed by atoms with Crippen LogP contribution < -0.4 is 15.6 Å². The van der Waals surface area contributed by atoms with Crippen LogP contribution >= 0.6 is 0 Å². The lowest BCUT2D eigenvalue weighted by atomic mass is 10.1. The average molecular weight is 617 g/mol. The van der Waals surface area contributed by atoms with Gasteiger partial charge in [-0.05, 0) is 53.7 Å². The normalized spacial score (nSPS) is 11.5. The molecule has 0 bridgehead atoms. The van der Waals surface area contributed by atoms with E-state index in [1.807, 2.05) is 36.4 Å². The number of aryl methyl sites for hydroxylation is 2. The highest BCUT2D eigenvalue weighted by atomic mass is 28.3. The van der Waals surface area contributed by atoms with Gasteiger partial charge in [-0.2, -0.15) is 0 Å². The molecule has 0 unspecified atom stereocenters. The molecular weight excluding hydrogens is 585 g/mol. The molecule has 0 N–H and O–H groups in total. The van der Waals surface area contributed by atoms with E-state index in [1.165, 1.54) is 26.7 Å². The summed E-state index contributed by atoms with van der Waals surface area (Å²) in [7, 11) is -2.48. The molecule has 224 valence electrons. The summed E-state index contributed by atoms with van der Waals surface area (Å²) in [5.41, 5.74) is 6.88. The van der Waals surface area contributed by atoms with E-state index in [1.54, 1.807) is 12.4 Å². The molecule has 6 heteroatoms. The molecule has 0 aliphatic carbocycles. The molecule has 0 atom stereocenters. The second-order valence-corrected chi connectivity index (χ2v) is 15.8. The van der Waals surface area contributed by atoms with Gasteiger partial charge in [-0.3, -0.25) is 4.79 Å². The third-order valence-electron chi connectivity index (χ3n) is 8.73. The number of aldehydes is 1. The maximum atomic E-state index is 11.4. The fraction of sp³-hybridized carbons (Fsp3) is 0.0750. The Bertz CT molecular complexity index is 1980. The Hall–Kier alpha value is -5.59. The van der Waals surface area contributed by atoms with Gasteiger partial charge >= 0.3 is 0 Å². The van der Waals surface area contributed by atoms with E-state index in [-0.39, 0.29) is 0 Å². The Labute approximate surface area is 269 Å². The standard InChI is InChI=1S/C40H32N2O3Si/c1-27-4-10-32(11-5-27)39-41-24-37(44-39)30-14-20-35(21-15-30)46(3,34-18-8-29(26-43)9-19-34)36-22-16-31(17-23-36)38-25-42-40(45-38)33-12-6-28(2)7-13-33/h4-26H,1-3H3. The van der Waals surface area contributed by atoms with E-state index in [9.17, 15) is 4.79 Å². The number of hydrogen-bond donors (Lipinski definition) is 0. The number of benzene rings is 5. The quantitative estimate of drug-likeness (QED) is 0.0988. The Kier molecular flexibility index (Phi) is 7.64. The molecule has 0 spiro atoms. The predicted molar refractivity (Wildman–Crippen MR) is 187 cm³/mol. The Morgan fingerprint density at radius 3 is 1.22 bits per heavy atom. The molecule has 7 aromatic rings. The zero-order valence-corrected chi connectivity index (χ0v) is 26.9. The third kappa shape index (κ3) is 5.55. The Balaban J connectivity index is 1.22. The number of nitrogens with zero attached hydrogens (tertiary/aromatic N) is 2. The molecular formula is C40H32N2O3Si. The SMILES string of the molecule is Cc1ccc(-c2ncc(-c3ccc([Si](C)(c4ccc(C=O)cc4)c4ccc(-c5cnc(-c6ccc(C)cc6)o5)cc4)cc3)o2)cc1. The minimum Gasteiger partial charge on any atom is -0.436 e. The van der Waals surface area contributed by atoms with E-state index in [4.69, 9.17) is 8.83 Å². The molecule has 0 fully saturated rings. The molecule has 5 aromatic carbocycles. The third-order valence-corrected chi connectivity index (χ3v) is 13.2. The maximum Gasteiger partial charge on any atom is 0.226 e. The molecule has 7 rings (SSSR count). The van der Waals surface area contributed by atoms with Crippen LogP contribution in [-0.4, -0.2) is 24.3 Å². The fourth-order valence-electron chi connectivity index (χ4n) is 5.81. The van der Waals surface area contributed by atoms with Gasteiger partial charge in [0.15, 0.2) is 11.5 Å². The molecule has 2 aromatic heterocycles. The summed E-state index contributed by atoms with van der Waals surface area (Å²) in [6.07, 6.45) is 4.45. The van der Waals surface area contributed by atoms with Gasteiger partial charge in [0.05, 0.1) is 12.4 Å². The highest BCUT2D eigenvalue weighted by molar-refractivity contribution is 7.10. The van der Waals surface area contributed by atoms with Crippen LogP contribution in [0.5, 0.6) is 0 Å². The minimum absolute atomic E-state index is 0.603. The van der Waals surface area contributed by atoms with Gasteiger partial charge in [0.1, 0.15) is 14.4 Å². The van der Waals surface area contributed by atoms with Gasteiger partial charge in [0.2, 0.25) is 11.8 Å². The van der Waals surface area contributed by atoms with Gasteiger partial charge in [0.25, 0.3) is 0 Å². The summed E-state index contributed by atoms with van der Waals surface area (Å²) in [5, 5.41) is 3.69. The van der Waals surface area contributed by atoms with E-state index >= 15 is 0 Å². The largest absolute Gasteiger partial charge is 0.436 e. The number of carbonyl (C=O) groups excluding carboxylic acids is 1. The van der Waals surface area contributed by atoms with Crippen LogP contribution in [0.15, 0.2) is 143 Å². The number of aromatic nitrogens is 2. The first kappa shape index (κ1) is 29.1. The van der Waals surface area contributed by atoms with Crippen LogP contribution in [0.4, 0.5) is 0 Å². The topological polar surface area (TPSA) is 69.1 Å². The van der Waals surface area contributed by atoms with Crippen molar-refractivity contribution in [1.29, 1.82) is 0 Å². The smallest absolute Gasteiger partial charge is 0.226 e. The highest BCUT2D eigenvalue weighted by Crippen LogP contribution is 2.28. The summed E-state index contributed by atoms with van der Waals surface area (Å²) >= 11 is 0. The van der Waals surface area contributed by atoms with Gasteiger partial charge in [-0.25, -0.2) is 9.97 Å². The van der Waals surface area contributed by atoms with Crippen LogP contribution in [0.2, 0.25) is 6.55 Å². The molecule has 0 amide bonds. The fourth-order valence-corrected chi connectivity index (χ4v) is 9.31. The molecule has 0 saturated carbocycles. The first-order valence-electron chi connectivity index (χ1n) is 15.2. The lowest BCUT2D eigenvalue weighted by molar-refractivity contribution is 0.112. The predicted octanol–water partition coefficient (Wildman–Crippen LogP) is 7.86. The Morgan fingerprint density at radius 1 is 0.500 bits per heavy atom. The van der Waals surface area contributed by atoms with Crippen molar-refractivity contribution in [2.24, 2.45) is 0 Å². The minimum atomic E-state index is -2.48. The molecule has 0 aliphatic heterocycles. The lowest BCUT2D eigenvalue weighted by Gasteiger charge is -2.30. The summed E-state index contributed by atoms with van der Waals surface area (Å²) in [6.45, 7) is 6.47. The molecule has 5 nitrogen and oxygen atoms in total. The highest BCUT2D eigenvalue weighted by Gasteiger charge is 2.34. The number of oxazole rings is 2. The van der Waals surface area contributed by atoms with E-state index in [0.29, 0.717) is 17.3 Å². The van der Waals surface area contributed by atoms with Crippen LogP contribution in [0.25, 0.3) is 45.6 Å². The summed E-state index contributed by atoms with van der Waals surface area (Å²) in [6, 6.07) is 41.5. The van der Waals surface area contributed by atoms with Gasteiger partial charge in [-0.1, -0.05) is 115 Å². The Morgan fingerprint density at radius 2 is 0.848 bits per heavy atom. The van der Waals surface area contributed by atoms with Gasteiger partial charge < -0.3 is 8.83 Å². The van der Waals surface area contributed by atoms with Gasteiger partial charge in [0, 0.05) is 27.8 Å². The zero-order valence-electron chi connectivity index (χ0n) is 25.9. The summed E-state index contributed by atoms with van der Waals surface area (Å²) < 4.78 is 12.3. The van der Waals surface area contributed by atoms with Crippen molar-refractivity contribution in [3.05, 3.63) is 150 Å². The van der Waals surface area contributed by atoms with E-state index in [2.05, 4.69) is 115 Å². The number of carbonyl (C=O) groups is 1. The van der Waals surface area contributed by atoms with Gasteiger partial charge in [-0.15, -0.1) is 0 Å². The second-order valence-electron chi connectivity index (χ2n) is 11.8. The van der Waals surface area contributed by atoms with Crippen molar-refractivity contribution < 1.29 is 13.6 Å².